The first-order valence-corrected chi connectivity index (χ1v) is 4.14. The number of allylic oxidation sites excluding steroid dienone is 5. The zero-order valence-electron chi connectivity index (χ0n) is 8.22. The molecule has 0 aliphatic carbocycles. The number of hydrogen-bond acceptors (Lipinski definition) is 1. The van der Waals surface area contributed by atoms with Gasteiger partial charge < -0.3 is 0 Å². The Morgan fingerprint density at radius 3 is 2.25 bits per heavy atom. The van der Waals surface area contributed by atoms with Gasteiger partial charge in [-0.25, -0.2) is 4.79 Å². The van der Waals surface area contributed by atoms with Gasteiger partial charge in [0.2, 0.25) is 0 Å². The van der Waals surface area contributed by atoms with E-state index in [1.54, 1.807) is 5.94 Å². The number of hydrogen-bond donors (Lipinski definition) is 0. The van der Waals surface area contributed by atoms with E-state index in [0.29, 0.717) is 5.92 Å². The molecule has 0 aromatic rings. The van der Waals surface area contributed by atoms with Crippen LogP contribution in [0.3, 0.4) is 0 Å². The van der Waals surface area contributed by atoms with Crippen LogP contribution in [0.1, 0.15) is 27.7 Å². The van der Waals surface area contributed by atoms with Crippen molar-refractivity contribution in [2.45, 2.75) is 27.7 Å². The molecule has 0 aromatic carbocycles. The molecule has 0 spiro atoms. The summed E-state index contributed by atoms with van der Waals surface area (Å²) in [6, 6.07) is 0. The standard InChI is InChI=1S/C11H16O/c1-9(2)7-11(4)8-10(3)5-6-12/h5,7-9H,1-4H3. The average molecular weight is 164 g/mol. The van der Waals surface area contributed by atoms with Crippen LogP contribution in [0.2, 0.25) is 0 Å². The van der Waals surface area contributed by atoms with Crippen molar-refractivity contribution in [1.29, 1.82) is 0 Å². The molecule has 0 heterocycles. The van der Waals surface area contributed by atoms with E-state index in [4.69, 9.17) is 0 Å². The van der Waals surface area contributed by atoms with Crippen molar-refractivity contribution in [3.8, 4) is 0 Å². The summed E-state index contributed by atoms with van der Waals surface area (Å²) in [4.78, 5) is 9.98. The van der Waals surface area contributed by atoms with Crippen molar-refractivity contribution in [3.05, 3.63) is 29.4 Å². The predicted octanol–water partition coefficient (Wildman–Crippen LogP) is 2.92. The van der Waals surface area contributed by atoms with E-state index in [2.05, 4.69) is 19.9 Å². The molecule has 0 amide bonds. The lowest BCUT2D eigenvalue weighted by molar-refractivity contribution is 0.569. The summed E-state index contributed by atoms with van der Waals surface area (Å²) in [7, 11) is 0. The Balaban J connectivity index is 4.42. The number of rotatable bonds is 3. The second kappa shape index (κ2) is 5.56. The average Bonchev–Trinajstić information content (AvgIpc) is 1.84. The van der Waals surface area contributed by atoms with Gasteiger partial charge in [-0.3, -0.25) is 0 Å². The summed E-state index contributed by atoms with van der Waals surface area (Å²) in [6.07, 6.45) is 5.57. The summed E-state index contributed by atoms with van der Waals surface area (Å²) in [5.74, 6) is 2.31. The highest BCUT2D eigenvalue weighted by atomic mass is 16.1. The highest BCUT2D eigenvalue weighted by Crippen LogP contribution is 2.05. The molecule has 0 aliphatic heterocycles. The zero-order chi connectivity index (χ0) is 9.56. The van der Waals surface area contributed by atoms with Gasteiger partial charge in [-0.1, -0.05) is 31.6 Å². The Hall–Kier alpha value is -1.07. The molecule has 0 saturated heterocycles. The number of carbonyl (C=O) groups excluding carboxylic acids is 1. The molecule has 12 heavy (non-hydrogen) atoms. The Bertz CT molecular complexity index is 238. The largest absolute Gasteiger partial charge is 0.233 e. The Labute approximate surface area is 74.5 Å². The molecule has 0 saturated carbocycles. The third-order valence-electron chi connectivity index (χ3n) is 1.34. The summed E-state index contributed by atoms with van der Waals surface area (Å²) in [5.41, 5.74) is 2.13. The quantitative estimate of drug-likeness (QED) is 0.463. The van der Waals surface area contributed by atoms with Crippen molar-refractivity contribution in [2.75, 3.05) is 0 Å². The van der Waals surface area contributed by atoms with Gasteiger partial charge in [-0.2, -0.15) is 0 Å². The van der Waals surface area contributed by atoms with Crippen LogP contribution >= 0.6 is 0 Å². The molecular formula is C11H16O. The summed E-state index contributed by atoms with van der Waals surface area (Å²) in [5, 5.41) is 0. The SMILES string of the molecule is CC(C=C=O)=CC(C)=CC(C)C. The first-order valence-electron chi connectivity index (χ1n) is 4.14. The topological polar surface area (TPSA) is 17.1 Å². The van der Waals surface area contributed by atoms with Crippen molar-refractivity contribution >= 4 is 5.94 Å². The van der Waals surface area contributed by atoms with Gasteiger partial charge in [0.15, 0.2) is 0 Å². The molecule has 0 radical (unpaired) electrons. The molecule has 0 fully saturated rings. The third kappa shape index (κ3) is 5.70. The van der Waals surface area contributed by atoms with E-state index in [9.17, 15) is 4.79 Å². The minimum Gasteiger partial charge on any atom is -0.233 e. The lowest BCUT2D eigenvalue weighted by Crippen LogP contribution is -1.81. The van der Waals surface area contributed by atoms with Crippen LogP contribution in [0.15, 0.2) is 29.4 Å². The van der Waals surface area contributed by atoms with E-state index in [1.807, 2.05) is 19.9 Å². The molecule has 0 aromatic heterocycles. The highest BCUT2D eigenvalue weighted by molar-refractivity contribution is 5.52. The van der Waals surface area contributed by atoms with E-state index in [-0.39, 0.29) is 0 Å². The van der Waals surface area contributed by atoms with Crippen LogP contribution in [0.25, 0.3) is 0 Å². The highest BCUT2D eigenvalue weighted by Gasteiger charge is 1.88. The van der Waals surface area contributed by atoms with Crippen LogP contribution in [0.5, 0.6) is 0 Å². The van der Waals surface area contributed by atoms with E-state index < -0.39 is 0 Å². The molecule has 0 bridgehead atoms. The molecule has 0 N–H and O–H groups in total. The molecule has 0 unspecified atom stereocenters. The lowest BCUT2D eigenvalue weighted by Gasteiger charge is -1.97. The molecule has 0 atom stereocenters. The van der Waals surface area contributed by atoms with Gasteiger partial charge in [0, 0.05) is 6.08 Å². The van der Waals surface area contributed by atoms with Crippen LogP contribution < -0.4 is 0 Å². The fourth-order valence-corrected chi connectivity index (χ4v) is 1.07. The van der Waals surface area contributed by atoms with Crippen LogP contribution in [0.4, 0.5) is 0 Å². The normalized spacial score (nSPS) is 13.1. The van der Waals surface area contributed by atoms with Crippen LogP contribution in [-0.4, -0.2) is 5.94 Å². The van der Waals surface area contributed by atoms with Crippen LogP contribution in [0, 0.1) is 5.92 Å². The Morgan fingerprint density at radius 1 is 1.25 bits per heavy atom. The van der Waals surface area contributed by atoms with Gasteiger partial charge in [0.05, 0.1) is 0 Å². The van der Waals surface area contributed by atoms with Crippen molar-refractivity contribution < 1.29 is 4.79 Å². The molecule has 66 valence electrons. The lowest BCUT2D eigenvalue weighted by atomic mass is 10.1. The fraction of sp³-hybridized carbons (Fsp3) is 0.455. The maximum absolute atomic E-state index is 9.98. The van der Waals surface area contributed by atoms with Gasteiger partial charge in [0.25, 0.3) is 0 Å². The molecule has 0 rings (SSSR count). The van der Waals surface area contributed by atoms with Crippen LogP contribution in [-0.2, 0) is 4.79 Å². The van der Waals surface area contributed by atoms with Crippen molar-refractivity contribution in [2.24, 2.45) is 5.92 Å². The van der Waals surface area contributed by atoms with Gasteiger partial charge >= 0.3 is 0 Å². The molecular weight excluding hydrogens is 148 g/mol. The first-order chi connectivity index (χ1) is 5.56. The zero-order valence-corrected chi connectivity index (χ0v) is 8.22. The predicted molar refractivity (Wildman–Crippen MR) is 52.6 cm³/mol. The Kier molecular flexibility index (Phi) is 5.07. The summed E-state index contributed by atoms with van der Waals surface area (Å²) < 4.78 is 0. The second-order valence-corrected chi connectivity index (χ2v) is 3.31. The van der Waals surface area contributed by atoms with Gasteiger partial charge in [-0.15, -0.1) is 0 Å². The maximum atomic E-state index is 9.98. The monoisotopic (exact) mass is 164 g/mol. The van der Waals surface area contributed by atoms with Crippen molar-refractivity contribution in [3.63, 3.8) is 0 Å². The summed E-state index contributed by atoms with van der Waals surface area (Å²) in [6.45, 7) is 8.18. The third-order valence-corrected chi connectivity index (χ3v) is 1.34. The van der Waals surface area contributed by atoms with Gasteiger partial charge in [0.1, 0.15) is 5.94 Å². The fourth-order valence-electron chi connectivity index (χ4n) is 1.07. The minimum atomic E-state index is 0.550. The minimum absolute atomic E-state index is 0.550. The smallest absolute Gasteiger partial charge is 0.124 e. The van der Waals surface area contributed by atoms with Gasteiger partial charge in [-0.05, 0) is 25.3 Å². The molecule has 1 nitrogen and oxygen atoms in total. The summed E-state index contributed by atoms with van der Waals surface area (Å²) >= 11 is 0. The van der Waals surface area contributed by atoms with E-state index >= 15 is 0 Å². The first kappa shape index (κ1) is 10.9. The van der Waals surface area contributed by atoms with E-state index in [1.165, 1.54) is 11.6 Å². The maximum Gasteiger partial charge on any atom is 0.124 e. The molecule has 0 aliphatic rings. The van der Waals surface area contributed by atoms with Crippen molar-refractivity contribution in [1.82, 2.24) is 0 Å². The van der Waals surface area contributed by atoms with E-state index in [0.717, 1.165) is 5.57 Å². The second-order valence-electron chi connectivity index (χ2n) is 3.31. The Morgan fingerprint density at radius 2 is 1.83 bits per heavy atom. The molecule has 1 heteroatoms.